The van der Waals surface area contributed by atoms with E-state index in [2.05, 4.69) is 21.3 Å². The van der Waals surface area contributed by atoms with Gasteiger partial charge in [0.15, 0.2) is 0 Å². The van der Waals surface area contributed by atoms with Crippen LogP contribution in [0.15, 0.2) is 42.6 Å². The first-order valence-electron chi connectivity index (χ1n) is 10.2. The number of hydrogen-bond donors (Lipinski definition) is 1. The van der Waals surface area contributed by atoms with Gasteiger partial charge in [-0.1, -0.05) is 29.8 Å². The standard InChI is InChI=1S/C22H25ClN4O/c23-18-5-3-17(4-6-18)21-20-16(2-1-10-24-20)9-13-27(21)22(28)25-19-14-26-11-7-15(19)8-12-26/h1-6,10,15,19,21H,7-9,11-14H2,(H,25,28)/t19-,21?/m1/s1. The summed E-state index contributed by atoms with van der Waals surface area (Å²) in [6, 6.07) is 12.0. The summed E-state index contributed by atoms with van der Waals surface area (Å²) < 4.78 is 0. The van der Waals surface area contributed by atoms with Gasteiger partial charge in [-0.3, -0.25) is 4.98 Å². The molecule has 0 spiro atoms. The molecule has 2 bridgehead atoms. The number of hydrogen-bond acceptors (Lipinski definition) is 3. The highest BCUT2D eigenvalue weighted by atomic mass is 35.5. The molecule has 4 aliphatic rings. The lowest BCUT2D eigenvalue weighted by atomic mass is 9.84. The molecule has 6 rings (SSSR count). The smallest absolute Gasteiger partial charge is 0.318 e. The average Bonchev–Trinajstić information content (AvgIpc) is 2.74. The molecule has 1 aromatic heterocycles. The zero-order valence-corrected chi connectivity index (χ0v) is 16.6. The van der Waals surface area contributed by atoms with Crippen LogP contribution in [0.2, 0.25) is 5.02 Å². The average molecular weight is 397 g/mol. The van der Waals surface area contributed by atoms with Crippen LogP contribution in [0, 0.1) is 5.92 Å². The zero-order valence-electron chi connectivity index (χ0n) is 15.9. The molecule has 6 heteroatoms. The first kappa shape index (κ1) is 18.0. The number of fused-ring (bicyclic) bond motifs is 4. The van der Waals surface area contributed by atoms with Crippen molar-refractivity contribution in [1.82, 2.24) is 20.1 Å². The van der Waals surface area contributed by atoms with Crippen LogP contribution in [0.4, 0.5) is 4.79 Å². The van der Waals surface area contributed by atoms with Crippen molar-refractivity contribution in [1.29, 1.82) is 0 Å². The van der Waals surface area contributed by atoms with E-state index >= 15 is 0 Å². The van der Waals surface area contributed by atoms with Gasteiger partial charge in [0.25, 0.3) is 0 Å². The minimum absolute atomic E-state index is 0.0232. The van der Waals surface area contributed by atoms with Gasteiger partial charge in [0.1, 0.15) is 6.04 Å². The summed E-state index contributed by atoms with van der Waals surface area (Å²) in [6.45, 7) is 4.01. The van der Waals surface area contributed by atoms with Crippen molar-refractivity contribution in [3.05, 3.63) is 64.4 Å². The monoisotopic (exact) mass is 396 g/mol. The summed E-state index contributed by atoms with van der Waals surface area (Å²) in [5.74, 6) is 0.609. The molecular weight excluding hydrogens is 372 g/mol. The molecule has 1 aromatic carbocycles. The Bertz CT molecular complexity index is 863. The van der Waals surface area contributed by atoms with Gasteiger partial charge in [0.05, 0.1) is 5.69 Å². The van der Waals surface area contributed by atoms with Crippen molar-refractivity contribution in [3.8, 4) is 0 Å². The Balaban J connectivity index is 1.43. The molecule has 2 amide bonds. The summed E-state index contributed by atoms with van der Waals surface area (Å²) in [6.07, 6.45) is 5.03. The third-order valence-electron chi connectivity index (χ3n) is 6.53. The molecule has 0 radical (unpaired) electrons. The number of nitrogens with one attached hydrogen (secondary N) is 1. The largest absolute Gasteiger partial charge is 0.334 e. The molecule has 0 aliphatic carbocycles. The molecule has 5 nitrogen and oxygen atoms in total. The fourth-order valence-corrected chi connectivity index (χ4v) is 5.12. The number of benzene rings is 1. The Morgan fingerprint density at radius 1 is 1.11 bits per heavy atom. The van der Waals surface area contributed by atoms with Gasteiger partial charge < -0.3 is 15.1 Å². The van der Waals surface area contributed by atoms with E-state index in [0.29, 0.717) is 17.5 Å². The first-order valence-corrected chi connectivity index (χ1v) is 10.6. The van der Waals surface area contributed by atoms with E-state index < -0.39 is 0 Å². The van der Waals surface area contributed by atoms with Crippen LogP contribution in [0.3, 0.4) is 0 Å². The van der Waals surface area contributed by atoms with Crippen molar-refractivity contribution in [2.75, 3.05) is 26.2 Å². The number of piperidine rings is 3. The number of carbonyl (C=O) groups is 1. The van der Waals surface area contributed by atoms with Crippen LogP contribution in [-0.2, 0) is 6.42 Å². The lowest BCUT2D eigenvalue weighted by molar-refractivity contribution is 0.0714. The van der Waals surface area contributed by atoms with Crippen molar-refractivity contribution < 1.29 is 4.79 Å². The van der Waals surface area contributed by atoms with Gasteiger partial charge in [-0.15, -0.1) is 0 Å². The van der Waals surface area contributed by atoms with Gasteiger partial charge in [-0.25, -0.2) is 4.79 Å². The Labute approximate surface area is 170 Å². The summed E-state index contributed by atoms with van der Waals surface area (Å²) >= 11 is 6.10. The van der Waals surface area contributed by atoms with Crippen LogP contribution < -0.4 is 5.32 Å². The van der Waals surface area contributed by atoms with Crippen LogP contribution in [-0.4, -0.2) is 53.0 Å². The number of aromatic nitrogens is 1. The number of halogens is 1. The Kier molecular flexibility index (Phi) is 4.73. The topological polar surface area (TPSA) is 48.5 Å². The maximum atomic E-state index is 13.3. The van der Waals surface area contributed by atoms with Crippen molar-refractivity contribution in [3.63, 3.8) is 0 Å². The molecule has 1 unspecified atom stereocenters. The number of pyridine rings is 1. The van der Waals surface area contributed by atoms with E-state index in [0.717, 1.165) is 24.2 Å². The van der Waals surface area contributed by atoms with Crippen LogP contribution in [0.25, 0.3) is 0 Å². The molecule has 3 saturated heterocycles. The lowest BCUT2D eigenvalue weighted by Gasteiger charge is -2.46. The molecule has 146 valence electrons. The number of carbonyl (C=O) groups excluding carboxylic acids is 1. The number of rotatable bonds is 2. The quantitative estimate of drug-likeness (QED) is 0.845. The Morgan fingerprint density at radius 3 is 2.61 bits per heavy atom. The van der Waals surface area contributed by atoms with Gasteiger partial charge in [0, 0.05) is 30.4 Å². The Morgan fingerprint density at radius 2 is 1.89 bits per heavy atom. The van der Waals surface area contributed by atoms with Gasteiger partial charge in [-0.2, -0.15) is 0 Å². The second-order valence-corrected chi connectivity index (χ2v) is 8.58. The minimum Gasteiger partial charge on any atom is -0.334 e. The van der Waals surface area contributed by atoms with E-state index in [9.17, 15) is 4.79 Å². The van der Waals surface area contributed by atoms with E-state index in [4.69, 9.17) is 11.6 Å². The van der Waals surface area contributed by atoms with Crippen molar-refractivity contribution in [2.45, 2.75) is 31.3 Å². The SMILES string of the molecule is O=C(N[C@@H]1CN2CCC1CC2)N1CCc2cccnc2C1c1ccc(Cl)cc1. The van der Waals surface area contributed by atoms with E-state index in [-0.39, 0.29) is 18.1 Å². The number of amides is 2. The third kappa shape index (κ3) is 3.27. The van der Waals surface area contributed by atoms with Crippen molar-refractivity contribution in [2.24, 2.45) is 5.92 Å². The highest BCUT2D eigenvalue weighted by Crippen LogP contribution is 2.35. The molecule has 5 heterocycles. The molecule has 2 aromatic rings. The highest BCUT2D eigenvalue weighted by molar-refractivity contribution is 6.30. The predicted octanol–water partition coefficient (Wildman–Crippen LogP) is 3.49. The first-order chi connectivity index (χ1) is 13.7. The maximum absolute atomic E-state index is 13.3. The molecule has 1 N–H and O–H groups in total. The zero-order chi connectivity index (χ0) is 19.1. The predicted molar refractivity (Wildman–Crippen MR) is 109 cm³/mol. The minimum atomic E-state index is -0.177. The normalized spacial score (nSPS) is 28.7. The number of urea groups is 1. The van der Waals surface area contributed by atoms with Crippen LogP contribution in [0.1, 0.15) is 35.7 Å². The maximum Gasteiger partial charge on any atom is 0.318 e. The summed E-state index contributed by atoms with van der Waals surface area (Å²) in [5, 5.41) is 4.05. The second-order valence-electron chi connectivity index (χ2n) is 8.14. The van der Waals surface area contributed by atoms with Crippen molar-refractivity contribution >= 4 is 17.6 Å². The molecule has 3 fully saturated rings. The van der Waals surface area contributed by atoms with E-state index in [1.165, 1.54) is 31.5 Å². The summed E-state index contributed by atoms with van der Waals surface area (Å²) in [4.78, 5) is 22.4. The Hall–Kier alpha value is -2.11. The second kappa shape index (κ2) is 7.37. The third-order valence-corrected chi connectivity index (χ3v) is 6.78. The lowest BCUT2D eigenvalue weighted by Crippen LogP contribution is -2.59. The van der Waals surface area contributed by atoms with Gasteiger partial charge in [-0.05, 0) is 67.6 Å². The highest BCUT2D eigenvalue weighted by Gasteiger charge is 2.38. The summed E-state index contributed by atoms with van der Waals surface area (Å²) in [5.41, 5.74) is 3.24. The number of nitrogens with zero attached hydrogens (tertiary/aromatic N) is 3. The van der Waals surface area contributed by atoms with Crippen LogP contribution >= 0.6 is 11.6 Å². The van der Waals surface area contributed by atoms with Gasteiger partial charge in [0.2, 0.25) is 0 Å². The van der Waals surface area contributed by atoms with E-state index in [1.54, 1.807) is 0 Å². The molecule has 2 atom stereocenters. The molecule has 0 saturated carbocycles. The molecular formula is C22H25ClN4O. The summed E-state index contributed by atoms with van der Waals surface area (Å²) in [7, 11) is 0. The molecule has 28 heavy (non-hydrogen) atoms. The molecule has 4 aliphatic heterocycles. The van der Waals surface area contributed by atoms with Gasteiger partial charge >= 0.3 is 6.03 Å². The fraction of sp³-hybridized carbons (Fsp3) is 0.455. The van der Waals surface area contributed by atoms with Crippen LogP contribution in [0.5, 0.6) is 0 Å². The van der Waals surface area contributed by atoms with E-state index in [1.807, 2.05) is 41.4 Å². The fourth-order valence-electron chi connectivity index (χ4n) is 5.00.